The number of hydrogen-bond acceptors (Lipinski definition) is 5. The molecule has 150 valence electrons. The van der Waals surface area contributed by atoms with E-state index in [0.29, 0.717) is 27.8 Å². The maximum absolute atomic E-state index is 13.1. The number of rotatable bonds is 5. The minimum absolute atomic E-state index is 0.00750. The fourth-order valence-corrected chi connectivity index (χ4v) is 3.36. The van der Waals surface area contributed by atoms with Crippen LogP contribution in [0.1, 0.15) is 26.1 Å². The smallest absolute Gasteiger partial charge is 0.295 e. The topological polar surface area (TPSA) is 88.9 Å². The predicted octanol–water partition coefficient (Wildman–Crippen LogP) is 4.28. The molecule has 0 saturated carbocycles. The van der Waals surface area contributed by atoms with Crippen LogP contribution >= 0.6 is 11.3 Å². The summed E-state index contributed by atoms with van der Waals surface area (Å²) in [6, 6.07) is 16.0. The number of carbonyl (C=O) groups excluding carboxylic acids is 2. The lowest BCUT2D eigenvalue weighted by Gasteiger charge is -2.06. The largest absolute Gasteiger partial charge is 0.321 e. The van der Waals surface area contributed by atoms with Gasteiger partial charge in [0.15, 0.2) is 0 Å². The van der Waals surface area contributed by atoms with E-state index < -0.39 is 5.91 Å². The fourth-order valence-electron chi connectivity index (χ4n) is 2.74. The van der Waals surface area contributed by atoms with Gasteiger partial charge in [-0.15, -0.1) is 16.4 Å². The van der Waals surface area contributed by atoms with Crippen LogP contribution in [0.5, 0.6) is 0 Å². The van der Waals surface area contributed by atoms with Crippen molar-refractivity contribution in [3.8, 4) is 5.69 Å². The Labute approximate surface area is 175 Å². The number of anilines is 2. The molecule has 4 aromatic rings. The molecule has 0 bridgehead atoms. The second kappa shape index (κ2) is 8.26. The molecule has 0 aliphatic carbocycles. The van der Waals surface area contributed by atoms with E-state index in [2.05, 4.69) is 20.7 Å². The van der Waals surface area contributed by atoms with Crippen LogP contribution in [-0.4, -0.2) is 26.6 Å². The standard InChI is InChI=1S/C21H16FN5O2S/c1-13-23-19(26-27(13)17-10-4-14(22)5-11-17)21(29)25-16-8-6-15(7-9-16)24-20(28)18-3-2-12-30-18/h2-12H,1H3,(H,24,28)(H,25,29). The van der Waals surface area contributed by atoms with E-state index in [0.717, 1.165) is 0 Å². The van der Waals surface area contributed by atoms with Crippen LogP contribution in [0.15, 0.2) is 66.0 Å². The number of thiophene rings is 1. The number of nitrogens with one attached hydrogen (secondary N) is 2. The second-order valence-electron chi connectivity index (χ2n) is 6.33. The third-order valence-electron chi connectivity index (χ3n) is 4.19. The summed E-state index contributed by atoms with van der Waals surface area (Å²) in [4.78, 5) is 29.4. The number of halogens is 1. The number of nitrogens with zero attached hydrogens (tertiary/aromatic N) is 3. The van der Waals surface area contributed by atoms with Gasteiger partial charge in [-0.2, -0.15) is 0 Å². The Morgan fingerprint density at radius 2 is 1.57 bits per heavy atom. The van der Waals surface area contributed by atoms with Crippen LogP contribution in [0.2, 0.25) is 0 Å². The molecular weight excluding hydrogens is 405 g/mol. The maximum atomic E-state index is 13.1. The molecule has 2 heterocycles. The number of carbonyl (C=O) groups is 2. The first-order valence-corrected chi connectivity index (χ1v) is 9.83. The van der Waals surface area contributed by atoms with Gasteiger partial charge in [-0.25, -0.2) is 14.1 Å². The fraction of sp³-hybridized carbons (Fsp3) is 0.0476. The Morgan fingerprint density at radius 1 is 0.933 bits per heavy atom. The van der Waals surface area contributed by atoms with Crippen LogP contribution in [0, 0.1) is 12.7 Å². The van der Waals surface area contributed by atoms with Gasteiger partial charge < -0.3 is 10.6 Å². The third-order valence-corrected chi connectivity index (χ3v) is 5.06. The molecule has 0 aliphatic heterocycles. The van der Waals surface area contributed by atoms with E-state index in [4.69, 9.17) is 0 Å². The lowest BCUT2D eigenvalue weighted by molar-refractivity contribution is 0.101. The van der Waals surface area contributed by atoms with E-state index in [1.807, 2.05) is 11.4 Å². The van der Waals surface area contributed by atoms with Gasteiger partial charge in [0, 0.05) is 11.4 Å². The number of benzene rings is 2. The minimum Gasteiger partial charge on any atom is -0.321 e. The number of hydrogen-bond donors (Lipinski definition) is 2. The molecule has 0 fully saturated rings. The number of aromatic nitrogens is 3. The molecule has 7 nitrogen and oxygen atoms in total. The van der Waals surface area contributed by atoms with Gasteiger partial charge in [0.25, 0.3) is 11.8 Å². The highest BCUT2D eigenvalue weighted by molar-refractivity contribution is 7.12. The first kappa shape index (κ1) is 19.5. The van der Waals surface area contributed by atoms with Gasteiger partial charge in [-0.05, 0) is 66.9 Å². The average molecular weight is 421 g/mol. The summed E-state index contributed by atoms with van der Waals surface area (Å²) in [6.07, 6.45) is 0. The van der Waals surface area contributed by atoms with E-state index in [9.17, 15) is 14.0 Å². The van der Waals surface area contributed by atoms with Gasteiger partial charge >= 0.3 is 0 Å². The van der Waals surface area contributed by atoms with Crippen molar-refractivity contribution in [3.63, 3.8) is 0 Å². The number of amides is 2. The van der Waals surface area contributed by atoms with Crippen LogP contribution < -0.4 is 10.6 Å². The molecule has 2 amide bonds. The van der Waals surface area contributed by atoms with Crippen molar-refractivity contribution in [2.24, 2.45) is 0 Å². The highest BCUT2D eigenvalue weighted by Gasteiger charge is 2.16. The SMILES string of the molecule is Cc1nc(C(=O)Nc2ccc(NC(=O)c3cccs3)cc2)nn1-c1ccc(F)cc1. The summed E-state index contributed by atoms with van der Waals surface area (Å²) in [7, 11) is 0. The zero-order valence-corrected chi connectivity index (χ0v) is 16.6. The van der Waals surface area contributed by atoms with E-state index in [1.54, 1.807) is 49.4 Å². The van der Waals surface area contributed by atoms with Gasteiger partial charge in [0.2, 0.25) is 5.82 Å². The lowest BCUT2D eigenvalue weighted by Crippen LogP contribution is -2.14. The highest BCUT2D eigenvalue weighted by Crippen LogP contribution is 2.17. The quantitative estimate of drug-likeness (QED) is 0.503. The van der Waals surface area contributed by atoms with Crippen molar-refractivity contribution in [2.45, 2.75) is 6.92 Å². The molecule has 0 radical (unpaired) electrons. The Morgan fingerprint density at radius 3 is 2.17 bits per heavy atom. The molecule has 0 atom stereocenters. The van der Waals surface area contributed by atoms with Crippen molar-refractivity contribution in [3.05, 3.63) is 88.4 Å². The van der Waals surface area contributed by atoms with Gasteiger partial charge in [0.05, 0.1) is 10.6 Å². The normalized spacial score (nSPS) is 10.6. The predicted molar refractivity (Wildman–Crippen MR) is 113 cm³/mol. The minimum atomic E-state index is -0.477. The van der Waals surface area contributed by atoms with Crippen molar-refractivity contribution >= 4 is 34.5 Å². The first-order chi connectivity index (χ1) is 14.5. The average Bonchev–Trinajstić information content (AvgIpc) is 3.40. The van der Waals surface area contributed by atoms with Gasteiger partial charge in [0.1, 0.15) is 11.6 Å². The Kier molecular flexibility index (Phi) is 5.36. The van der Waals surface area contributed by atoms with Gasteiger partial charge in [-0.3, -0.25) is 9.59 Å². The number of aryl methyl sites for hydroxylation is 1. The van der Waals surface area contributed by atoms with Crippen LogP contribution in [0.4, 0.5) is 15.8 Å². The molecular formula is C21H16FN5O2S. The summed E-state index contributed by atoms with van der Waals surface area (Å²) >= 11 is 1.36. The van der Waals surface area contributed by atoms with Crippen molar-refractivity contribution in [2.75, 3.05) is 10.6 Å². The third kappa shape index (κ3) is 4.26. The monoisotopic (exact) mass is 421 g/mol. The van der Waals surface area contributed by atoms with E-state index in [-0.39, 0.29) is 17.5 Å². The Balaban J connectivity index is 1.43. The Bertz CT molecular complexity index is 1190. The molecule has 2 aromatic carbocycles. The zero-order chi connectivity index (χ0) is 21.1. The van der Waals surface area contributed by atoms with E-state index in [1.165, 1.54) is 28.2 Å². The van der Waals surface area contributed by atoms with Crippen LogP contribution in [0.3, 0.4) is 0 Å². The lowest BCUT2D eigenvalue weighted by atomic mass is 10.2. The summed E-state index contributed by atoms with van der Waals surface area (Å²) in [5.74, 6) is -0.531. The zero-order valence-electron chi connectivity index (χ0n) is 15.8. The molecule has 2 aromatic heterocycles. The van der Waals surface area contributed by atoms with Crippen molar-refractivity contribution in [1.29, 1.82) is 0 Å². The molecule has 2 N–H and O–H groups in total. The molecule has 0 unspecified atom stereocenters. The second-order valence-corrected chi connectivity index (χ2v) is 7.28. The summed E-state index contributed by atoms with van der Waals surface area (Å²) in [5.41, 5.74) is 1.75. The molecule has 0 saturated heterocycles. The first-order valence-electron chi connectivity index (χ1n) is 8.95. The van der Waals surface area contributed by atoms with Crippen LogP contribution in [0.25, 0.3) is 5.69 Å². The van der Waals surface area contributed by atoms with Gasteiger partial charge in [-0.1, -0.05) is 6.07 Å². The summed E-state index contributed by atoms with van der Waals surface area (Å²) in [5, 5.41) is 11.6. The van der Waals surface area contributed by atoms with Crippen molar-refractivity contribution < 1.29 is 14.0 Å². The summed E-state index contributed by atoms with van der Waals surface area (Å²) in [6.45, 7) is 1.71. The Hall–Kier alpha value is -3.85. The molecule has 9 heteroatoms. The highest BCUT2D eigenvalue weighted by atomic mass is 32.1. The van der Waals surface area contributed by atoms with E-state index >= 15 is 0 Å². The molecule has 0 aliphatic rings. The summed E-state index contributed by atoms with van der Waals surface area (Å²) < 4.78 is 14.6. The molecule has 30 heavy (non-hydrogen) atoms. The maximum Gasteiger partial charge on any atom is 0.295 e. The van der Waals surface area contributed by atoms with Crippen LogP contribution in [-0.2, 0) is 0 Å². The molecule has 4 rings (SSSR count). The van der Waals surface area contributed by atoms with Crippen molar-refractivity contribution in [1.82, 2.24) is 14.8 Å². The molecule has 0 spiro atoms.